The Morgan fingerprint density at radius 2 is 2.00 bits per heavy atom. The summed E-state index contributed by atoms with van der Waals surface area (Å²) < 4.78 is 9.56. The molecular formula is C14H19ClN2O4. The van der Waals surface area contributed by atoms with Crippen LogP contribution < -0.4 is 5.73 Å². The maximum Gasteiger partial charge on any atom is 0.307 e. The number of anilines is 1. The molecule has 7 heteroatoms. The van der Waals surface area contributed by atoms with E-state index in [0.717, 1.165) is 0 Å². The lowest BCUT2D eigenvalue weighted by molar-refractivity contribution is -0.140. The van der Waals surface area contributed by atoms with E-state index in [9.17, 15) is 9.59 Å². The van der Waals surface area contributed by atoms with Gasteiger partial charge in [0.05, 0.1) is 30.7 Å². The Labute approximate surface area is 128 Å². The zero-order valence-corrected chi connectivity index (χ0v) is 12.9. The number of hydrogen-bond acceptors (Lipinski definition) is 5. The molecule has 0 spiro atoms. The summed E-state index contributed by atoms with van der Waals surface area (Å²) in [5, 5.41) is 0.278. The van der Waals surface area contributed by atoms with E-state index in [2.05, 4.69) is 4.74 Å². The van der Waals surface area contributed by atoms with Crippen LogP contribution in [0.15, 0.2) is 18.2 Å². The summed E-state index contributed by atoms with van der Waals surface area (Å²) in [6.07, 6.45) is 0.0936. The summed E-state index contributed by atoms with van der Waals surface area (Å²) in [6.45, 7) is 0.883. The van der Waals surface area contributed by atoms with Gasteiger partial charge in [-0.15, -0.1) is 0 Å². The number of nitrogens with two attached hydrogens (primary N) is 1. The highest BCUT2D eigenvalue weighted by Crippen LogP contribution is 2.23. The highest BCUT2D eigenvalue weighted by atomic mass is 35.5. The molecule has 1 amide bonds. The molecule has 0 heterocycles. The monoisotopic (exact) mass is 314 g/mol. The molecule has 1 aromatic rings. The fourth-order valence-electron chi connectivity index (χ4n) is 1.77. The standard InChI is InChI=1S/C14H19ClN2O4/c1-20-9-8-17(7-6-12(18)21-2)14(19)13-10(15)4-3-5-11(13)16/h3-5H,6-9,16H2,1-2H3. The van der Waals surface area contributed by atoms with Gasteiger partial charge >= 0.3 is 5.97 Å². The molecule has 0 saturated carbocycles. The number of amides is 1. The first-order chi connectivity index (χ1) is 10.0. The smallest absolute Gasteiger partial charge is 0.307 e. The van der Waals surface area contributed by atoms with Crippen molar-refractivity contribution in [3.8, 4) is 0 Å². The number of ether oxygens (including phenoxy) is 2. The number of esters is 1. The predicted octanol–water partition coefficient (Wildman–Crippen LogP) is 1.57. The maximum absolute atomic E-state index is 12.5. The topological polar surface area (TPSA) is 81.9 Å². The number of rotatable bonds is 7. The highest BCUT2D eigenvalue weighted by molar-refractivity contribution is 6.34. The van der Waals surface area contributed by atoms with E-state index in [-0.39, 0.29) is 29.5 Å². The van der Waals surface area contributed by atoms with Crippen LogP contribution in [0.2, 0.25) is 5.02 Å². The van der Waals surface area contributed by atoms with Crippen LogP contribution in [0, 0.1) is 0 Å². The molecular weight excluding hydrogens is 296 g/mol. The van der Waals surface area contributed by atoms with Gasteiger partial charge in [-0.1, -0.05) is 17.7 Å². The molecule has 21 heavy (non-hydrogen) atoms. The minimum absolute atomic E-state index is 0.0936. The molecule has 2 N–H and O–H groups in total. The second kappa shape index (κ2) is 8.49. The molecule has 0 fully saturated rings. The molecule has 1 aromatic carbocycles. The number of carbonyl (C=O) groups is 2. The number of carbonyl (C=O) groups excluding carboxylic acids is 2. The summed E-state index contributed by atoms with van der Waals surface area (Å²) in [6, 6.07) is 4.87. The van der Waals surface area contributed by atoms with Crippen molar-refractivity contribution in [2.45, 2.75) is 6.42 Å². The molecule has 0 aliphatic carbocycles. The van der Waals surface area contributed by atoms with E-state index in [1.807, 2.05) is 0 Å². The quantitative estimate of drug-likeness (QED) is 0.610. The summed E-state index contributed by atoms with van der Waals surface area (Å²) >= 11 is 6.04. The molecule has 0 bridgehead atoms. The van der Waals surface area contributed by atoms with Crippen molar-refractivity contribution in [3.05, 3.63) is 28.8 Å². The van der Waals surface area contributed by atoms with Crippen molar-refractivity contribution >= 4 is 29.2 Å². The molecule has 0 unspecified atom stereocenters. The lowest BCUT2D eigenvalue weighted by Crippen LogP contribution is -2.36. The average molecular weight is 315 g/mol. The Morgan fingerprint density at radius 3 is 2.57 bits per heavy atom. The predicted molar refractivity (Wildman–Crippen MR) is 80.3 cm³/mol. The number of methoxy groups -OCH3 is 2. The summed E-state index contributed by atoms with van der Waals surface area (Å²) in [5.41, 5.74) is 6.35. The van der Waals surface area contributed by atoms with Gasteiger partial charge in [0.15, 0.2) is 0 Å². The van der Waals surface area contributed by atoms with Crippen LogP contribution in [0.4, 0.5) is 5.69 Å². The van der Waals surface area contributed by atoms with E-state index < -0.39 is 5.97 Å². The largest absolute Gasteiger partial charge is 0.469 e. The van der Waals surface area contributed by atoms with Gasteiger partial charge in [0.1, 0.15) is 0 Å². The Balaban J connectivity index is 2.91. The second-order valence-corrected chi connectivity index (χ2v) is 4.72. The molecule has 0 aliphatic heterocycles. The second-order valence-electron chi connectivity index (χ2n) is 4.32. The van der Waals surface area contributed by atoms with Gasteiger partial charge in [0, 0.05) is 25.9 Å². The van der Waals surface area contributed by atoms with Crippen LogP contribution in [0.25, 0.3) is 0 Å². The van der Waals surface area contributed by atoms with Crippen molar-refractivity contribution < 1.29 is 19.1 Å². The number of nitrogens with zero attached hydrogens (tertiary/aromatic N) is 1. The van der Waals surface area contributed by atoms with Crippen LogP contribution in [0.3, 0.4) is 0 Å². The third kappa shape index (κ3) is 4.91. The lowest BCUT2D eigenvalue weighted by atomic mass is 10.1. The molecule has 116 valence electrons. The van der Waals surface area contributed by atoms with E-state index in [1.54, 1.807) is 18.2 Å². The van der Waals surface area contributed by atoms with Crippen LogP contribution in [0.1, 0.15) is 16.8 Å². The molecule has 6 nitrogen and oxygen atoms in total. The van der Waals surface area contributed by atoms with E-state index in [1.165, 1.54) is 19.1 Å². The molecule has 0 atom stereocenters. The number of halogens is 1. The molecule has 1 rings (SSSR count). The Kier molecular flexibility index (Phi) is 6.98. The van der Waals surface area contributed by atoms with Gasteiger partial charge in [0.25, 0.3) is 5.91 Å². The van der Waals surface area contributed by atoms with Crippen molar-refractivity contribution in [3.63, 3.8) is 0 Å². The van der Waals surface area contributed by atoms with Gasteiger partial charge < -0.3 is 20.1 Å². The Hall–Kier alpha value is -1.79. The average Bonchev–Trinajstić information content (AvgIpc) is 2.46. The zero-order valence-electron chi connectivity index (χ0n) is 12.1. The van der Waals surface area contributed by atoms with Crippen molar-refractivity contribution in [1.82, 2.24) is 4.90 Å². The first-order valence-electron chi connectivity index (χ1n) is 6.40. The molecule has 0 aliphatic rings. The maximum atomic E-state index is 12.5. The Bertz CT molecular complexity index is 487. The van der Waals surface area contributed by atoms with Gasteiger partial charge in [-0.2, -0.15) is 0 Å². The van der Waals surface area contributed by atoms with Crippen molar-refractivity contribution in [2.24, 2.45) is 0 Å². The SMILES string of the molecule is COCCN(CCC(=O)OC)C(=O)c1c(N)cccc1Cl. The number of benzene rings is 1. The molecule has 0 aromatic heterocycles. The van der Waals surface area contributed by atoms with Crippen LogP contribution in [-0.4, -0.2) is 50.7 Å². The third-order valence-electron chi connectivity index (χ3n) is 2.93. The van der Waals surface area contributed by atoms with Gasteiger partial charge in [-0.25, -0.2) is 0 Å². The van der Waals surface area contributed by atoms with Crippen LogP contribution in [-0.2, 0) is 14.3 Å². The fourth-order valence-corrected chi connectivity index (χ4v) is 2.03. The van der Waals surface area contributed by atoms with E-state index in [4.69, 9.17) is 22.1 Å². The third-order valence-corrected chi connectivity index (χ3v) is 3.24. The fraction of sp³-hybridized carbons (Fsp3) is 0.429. The molecule has 0 radical (unpaired) electrons. The minimum Gasteiger partial charge on any atom is -0.469 e. The normalized spacial score (nSPS) is 10.2. The minimum atomic E-state index is -0.391. The summed E-state index contributed by atoms with van der Waals surface area (Å²) in [7, 11) is 2.84. The van der Waals surface area contributed by atoms with E-state index >= 15 is 0 Å². The number of nitrogen functional groups attached to an aromatic ring is 1. The number of hydrogen-bond donors (Lipinski definition) is 1. The lowest BCUT2D eigenvalue weighted by Gasteiger charge is -2.23. The van der Waals surface area contributed by atoms with Gasteiger partial charge in [-0.3, -0.25) is 9.59 Å². The van der Waals surface area contributed by atoms with E-state index in [0.29, 0.717) is 18.8 Å². The zero-order chi connectivity index (χ0) is 15.8. The summed E-state index contributed by atoms with van der Waals surface area (Å²) in [4.78, 5) is 25.3. The first kappa shape index (κ1) is 17.3. The van der Waals surface area contributed by atoms with Crippen molar-refractivity contribution in [2.75, 3.05) is 39.6 Å². The molecule has 0 saturated heterocycles. The highest BCUT2D eigenvalue weighted by Gasteiger charge is 2.21. The first-order valence-corrected chi connectivity index (χ1v) is 6.78. The van der Waals surface area contributed by atoms with Crippen LogP contribution in [0.5, 0.6) is 0 Å². The van der Waals surface area contributed by atoms with Gasteiger partial charge in [0.2, 0.25) is 0 Å². The van der Waals surface area contributed by atoms with Crippen LogP contribution >= 0.6 is 11.6 Å². The van der Waals surface area contributed by atoms with Crippen molar-refractivity contribution in [1.29, 1.82) is 0 Å². The van der Waals surface area contributed by atoms with Gasteiger partial charge in [-0.05, 0) is 12.1 Å². The Morgan fingerprint density at radius 1 is 1.29 bits per heavy atom. The summed E-state index contributed by atoms with van der Waals surface area (Å²) in [5.74, 6) is -0.726.